The Hall–Kier alpha value is -0.810. The summed E-state index contributed by atoms with van der Waals surface area (Å²) in [5, 5.41) is 2.86. The van der Waals surface area contributed by atoms with Crippen molar-refractivity contribution >= 4 is 24.2 Å². The maximum absolute atomic E-state index is 12.7. The molecule has 2 rings (SSSR count). The highest BCUT2D eigenvalue weighted by Gasteiger charge is 2.35. The molecule has 0 radical (unpaired) electrons. The molecule has 2 aliphatic rings. The van der Waals surface area contributed by atoms with Crippen LogP contribution in [0.3, 0.4) is 0 Å². The molecule has 0 bridgehead atoms. The molecule has 3 N–H and O–H groups in total. The van der Waals surface area contributed by atoms with Gasteiger partial charge in [-0.2, -0.15) is 0 Å². The Labute approximate surface area is 158 Å². The molecule has 1 aliphatic heterocycles. The van der Waals surface area contributed by atoms with Crippen molar-refractivity contribution in [1.29, 1.82) is 0 Å². The first kappa shape index (κ1) is 22.2. The minimum absolute atomic E-state index is 0. The average molecular weight is 374 g/mol. The Kier molecular flexibility index (Phi) is 8.69. The predicted octanol–water partition coefficient (Wildman–Crippen LogP) is 2.57. The maximum Gasteiger partial charge on any atom is 0.224 e. The number of nitrogens with zero attached hydrogens (tertiary/aromatic N) is 1. The molecule has 2 fully saturated rings. The van der Waals surface area contributed by atoms with Crippen LogP contribution in [0.5, 0.6) is 0 Å². The third-order valence-corrected chi connectivity index (χ3v) is 5.53. The number of amides is 2. The second-order valence-corrected chi connectivity index (χ2v) is 8.74. The summed E-state index contributed by atoms with van der Waals surface area (Å²) < 4.78 is 0. The van der Waals surface area contributed by atoms with Gasteiger partial charge in [0.05, 0.1) is 5.92 Å². The summed E-state index contributed by atoms with van der Waals surface area (Å²) in [6.45, 7) is 9.27. The topological polar surface area (TPSA) is 75.4 Å². The van der Waals surface area contributed by atoms with E-state index < -0.39 is 0 Å². The van der Waals surface area contributed by atoms with Crippen LogP contribution in [-0.4, -0.2) is 42.9 Å². The molecule has 0 aromatic heterocycles. The van der Waals surface area contributed by atoms with Crippen LogP contribution >= 0.6 is 12.4 Å². The highest BCUT2D eigenvalue weighted by molar-refractivity contribution is 5.85. The molecule has 0 aromatic carbocycles. The van der Waals surface area contributed by atoms with Crippen LogP contribution in [-0.2, 0) is 9.59 Å². The third kappa shape index (κ3) is 6.78. The molecular formula is C19H36ClN3O2. The Morgan fingerprint density at radius 3 is 2.64 bits per heavy atom. The van der Waals surface area contributed by atoms with Crippen molar-refractivity contribution in [2.24, 2.45) is 28.9 Å². The van der Waals surface area contributed by atoms with Gasteiger partial charge >= 0.3 is 0 Å². The van der Waals surface area contributed by atoms with Crippen LogP contribution in [0.25, 0.3) is 0 Å². The number of carbonyl (C=O) groups excluding carboxylic acids is 2. The number of likely N-dealkylation sites (tertiary alicyclic amines) is 1. The SMILES string of the molecule is CC1CC(CC(=O)N2CCCC(C(=O)NCCN)C2)CC(C)(C)C1.Cl. The zero-order valence-corrected chi connectivity index (χ0v) is 16.9. The lowest BCUT2D eigenvalue weighted by Gasteiger charge is -2.40. The van der Waals surface area contributed by atoms with Gasteiger partial charge in [-0.25, -0.2) is 0 Å². The van der Waals surface area contributed by atoms with Crippen LogP contribution < -0.4 is 11.1 Å². The summed E-state index contributed by atoms with van der Waals surface area (Å²) in [6.07, 6.45) is 5.98. The second-order valence-electron chi connectivity index (χ2n) is 8.74. The smallest absolute Gasteiger partial charge is 0.224 e. The Bertz CT molecular complexity index is 456. The van der Waals surface area contributed by atoms with Crippen molar-refractivity contribution in [2.45, 2.75) is 59.3 Å². The fourth-order valence-electron chi connectivity index (χ4n) is 4.83. The summed E-state index contributed by atoms with van der Waals surface area (Å²) in [5.74, 6) is 1.40. The lowest BCUT2D eigenvalue weighted by molar-refractivity contribution is -0.137. The van der Waals surface area contributed by atoms with E-state index in [2.05, 4.69) is 26.1 Å². The molecule has 146 valence electrons. The average Bonchev–Trinajstić information content (AvgIpc) is 2.50. The van der Waals surface area contributed by atoms with E-state index in [9.17, 15) is 9.59 Å². The Morgan fingerprint density at radius 1 is 1.28 bits per heavy atom. The fraction of sp³-hybridized carbons (Fsp3) is 0.895. The molecule has 1 aliphatic carbocycles. The molecule has 1 saturated carbocycles. The van der Waals surface area contributed by atoms with Gasteiger partial charge < -0.3 is 16.0 Å². The van der Waals surface area contributed by atoms with Crippen molar-refractivity contribution in [3.8, 4) is 0 Å². The molecule has 1 heterocycles. The van der Waals surface area contributed by atoms with E-state index in [0.717, 1.165) is 32.2 Å². The third-order valence-electron chi connectivity index (χ3n) is 5.53. The van der Waals surface area contributed by atoms with Crippen molar-refractivity contribution in [3.05, 3.63) is 0 Å². The fourth-order valence-corrected chi connectivity index (χ4v) is 4.83. The number of hydrogen-bond acceptors (Lipinski definition) is 3. The van der Waals surface area contributed by atoms with Crippen LogP contribution in [0.15, 0.2) is 0 Å². The number of piperidine rings is 1. The molecule has 2 amide bonds. The van der Waals surface area contributed by atoms with Crippen molar-refractivity contribution < 1.29 is 9.59 Å². The van der Waals surface area contributed by atoms with Gasteiger partial charge in [0, 0.05) is 32.6 Å². The molecule has 6 heteroatoms. The molecular weight excluding hydrogens is 338 g/mol. The largest absolute Gasteiger partial charge is 0.355 e. The maximum atomic E-state index is 12.7. The molecule has 3 unspecified atom stereocenters. The van der Waals surface area contributed by atoms with Gasteiger partial charge in [-0.3, -0.25) is 9.59 Å². The molecule has 1 saturated heterocycles. The first-order chi connectivity index (χ1) is 11.3. The Morgan fingerprint density at radius 2 is 2.00 bits per heavy atom. The highest BCUT2D eigenvalue weighted by Crippen LogP contribution is 2.43. The number of carbonyl (C=O) groups is 2. The predicted molar refractivity (Wildman–Crippen MR) is 104 cm³/mol. The van der Waals surface area contributed by atoms with E-state index in [-0.39, 0.29) is 30.1 Å². The number of nitrogens with two attached hydrogens (primary N) is 1. The summed E-state index contributed by atoms with van der Waals surface area (Å²) in [4.78, 5) is 26.8. The Balaban J connectivity index is 0.00000312. The van der Waals surface area contributed by atoms with Crippen LogP contribution in [0.4, 0.5) is 0 Å². The van der Waals surface area contributed by atoms with Gasteiger partial charge in [-0.15, -0.1) is 12.4 Å². The standard InChI is InChI=1S/C19H35N3O2.ClH/c1-14-9-15(12-19(2,3)11-14)10-17(23)22-8-4-5-16(13-22)18(24)21-7-6-20;/h14-16H,4-13,20H2,1-3H3,(H,21,24);1H. The first-order valence-electron chi connectivity index (χ1n) is 9.56. The van der Waals surface area contributed by atoms with E-state index >= 15 is 0 Å². The molecule has 0 spiro atoms. The van der Waals surface area contributed by atoms with Gasteiger partial charge in [0.25, 0.3) is 0 Å². The van der Waals surface area contributed by atoms with Crippen LogP contribution in [0.2, 0.25) is 0 Å². The van der Waals surface area contributed by atoms with Gasteiger partial charge in [-0.05, 0) is 49.4 Å². The van der Waals surface area contributed by atoms with Gasteiger partial charge in [0.2, 0.25) is 11.8 Å². The van der Waals surface area contributed by atoms with E-state index in [1.165, 1.54) is 6.42 Å². The minimum Gasteiger partial charge on any atom is -0.355 e. The first-order valence-corrected chi connectivity index (χ1v) is 9.56. The highest BCUT2D eigenvalue weighted by atomic mass is 35.5. The molecule has 0 aromatic rings. The van der Waals surface area contributed by atoms with Gasteiger partial charge in [-0.1, -0.05) is 20.8 Å². The number of rotatable bonds is 5. The summed E-state index contributed by atoms with van der Waals surface area (Å²) in [5.41, 5.74) is 5.78. The second kappa shape index (κ2) is 9.77. The molecule has 25 heavy (non-hydrogen) atoms. The monoisotopic (exact) mass is 373 g/mol. The summed E-state index contributed by atoms with van der Waals surface area (Å²) in [7, 11) is 0. The van der Waals surface area contributed by atoms with Crippen LogP contribution in [0, 0.1) is 23.2 Å². The minimum atomic E-state index is -0.0732. The molecule has 3 atom stereocenters. The summed E-state index contributed by atoms with van der Waals surface area (Å²) >= 11 is 0. The molecule has 5 nitrogen and oxygen atoms in total. The van der Waals surface area contributed by atoms with Gasteiger partial charge in [0.15, 0.2) is 0 Å². The van der Waals surface area contributed by atoms with Crippen molar-refractivity contribution in [2.75, 3.05) is 26.2 Å². The zero-order valence-electron chi connectivity index (χ0n) is 16.1. The normalized spacial score (nSPS) is 28.8. The number of hydrogen-bond donors (Lipinski definition) is 2. The summed E-state index contributed by atoms with van der Waals surface area (Å²) in [6, 6.07) is 0. The van der Waals surface area contributed by atoms with Crippen LogP contribution in [0.1, 0.15) is 59.3 Å². The lowest BCUT2D eigenvalue weighted by atomic mass is 9.67. The van der Waals surface area contributed by atoms with E-state index in [1.54, 1.807) is 0 Å². The quantitative estimate of drug-likeness (QED) is 0.777. The number of halogens is 1. The van der Waals surface area contributed by atoms with Crippen molar-refractivity contribution in [1.82, 2.24) is 10.2 Å². The van der Waals surface area contributed by atoms with Gasteiger partial charge in [0.1, 0.15) is 0 Å². The van der Waals surface area contributed by atoms with E-state index in [0.29, 0.717) is 43.3 Å². The number of nitrogens with one attached hydrogen (secondary N) is 1. The lowest BCUT2D eigenvalue weighted by Crippen LogP contribution is -2.46. The van der Waals surface area contributed by atoms with Crippen molar-refractivity contribution in [3.63, 3.8) is 0 Å². The van der Waals surface area contributed by atoms with E-state index in [4.69, 9.17) is 5.73 Å². The van der Waals surface area contributed by atoms with E-state index in [1.807, 2.05) is 4.90 Å². The zero-order chi connectivity index (χ0) is 17.7.